The summed E-state index contributed by atoms with van der Waals surface area (Å²) in [5.74, 6) is -0.932. The Bertz CT molecular complexity index is 1570. The van der Waals surface area contributed by atoms with E-state index in [4.69, 9.17) is 14.2 Å². The van der Waals surface area contributed by atoms with Crippen molar-refractivity contribution in [1.29, 1.82) is 0 Å². The number of allylic oxidation sites excluding steroid dienone is 20. The predicted molar refractivity (Wildman–Crippen MR) is 325 cm³/mol. The van der Waals surface area contributed by atoms with E-state index in [1.807, 2.05) is 0 Å². The van der Waals surface area contributed by atoms with Crippen LogP contribution in [-0.2, 0) is 28.6 Å². The highest BCUT2D eigenvalue weighted by Crippen LogP contribution is 2.14. The van der Waals surface area contributed by atoms with Crippen molar-refractivity contribution in [3.8, 4) is 0 Å². The summed E-state index contributed by atoms with van der Waals surface area (Å²) in [6.45, 7) is 6.46. The Balaban J connectivity index is 4.36. The zero-order valence-corrected chi connectivity index (χ0v) is 48.8. The SMILES string of the molecule is CC/C=C\C/C=C\C/C=C\C/C=C\C/C=C\C/C=C\C/C=C\C/C=C\CCCCCCC(=O)OCC(COC(=O)CCCCCCC/C=C\CCCC)OC(=O)CCCCCCCCC/C=C\CCCCCCCC. The molecule has 0 rings (SSSR count). The Morgan fingerprint density at radius 3 is 0.867 bits per heavy atom. The molecule has 426 valence electrons. The molecule has 0 N–H and O–H groups in total. The van der Waals surface area contributed by atoms with Crippen molar-refractivity contribution in [2.75, 3.05) is 13.2 Å². The summed E-state index contributed by atoms with van der Waals surface area (Å²) in [6.07, 6.45) is 86.3. The normalized spacial score (nSPS) is 12.9. The Morgan fingerprint density at radius 1 is 0.280 bits per heavy atom. The molecule has 0 radical (unpaired) electrons. The summed E-state index contributed by atoms with van der Waals surface area (Å²) >= 11 is 0. The molecule has 0 heterocycles. The number of carbonyl (C=O) groups excluding carboxylic acids is 3. The Labute approximate surface area is 462 Å². The van der Waals surface area contributed by atoms with Crippen molar-refractivity contribution < 1.29 is 28.6 Å². The van der Waals surface area contributed by atoms with Gasteiger partial charge >= 0.3 is 17.9 Å². The molecule has 0 aromatic carbocycles. The van der Waals surface area contributed by atoms with E-state index < -0.39 is 6.10 Å². The monoisotopic (exact) mass is 1040 g/mol. The number of rotatable bonds is 55. The van der Waals surface area contributed by atoms with Crippen LogP contribution in [0.4, 0.5) is 0 Å². The molecule has 0 fully saturated rings. The molecule has 6 heteroatoms. The fourth-order valence-electron chi connectivity index (χ4n) is 8.26. The maximum Gasteiger partial charge on any atom is 0.306 e. The summed E-state index contributed by atoms with van der Waals surface area (Å²) in [6, 6.07) is 0. The Morgan fingerprint density at radius 2 is 0.533 bits per heavy atom. The van der Waals surface area contributed by atoms with Crippen molar-refractivity contribution in [2.24, 2.45) is 0 Å². The lowest BCUT2D eigenvalue weighted by Gasteiger charge is -2.18. The van der Waals surface area contributed by atoms with Crippen LogP contribution in [0.2, 0.25) is 0 Å². The summed E-state index contributed by atoms with van der Waals surface area (Å²) in [5.41, 5.74) is 0. The van der Waals surface area contributed by atoms with E-state index in [0.717, 1.165) is 135 Å². The fourth-order valence-corrected chi connectivity index (χ4v) is 8.26. The number of carbonyl (C=O) groups is 3. The highest BCUT2D eigenvalue weighted by atomic mass is 16.6. The molecule has 1 atom stereocenters. The second kappa shape index (κ2) is 62.4. The van der Waals surface area contributed by atoms with Crippen LogP contribution in [0.15, 0.2) is 122 Å². The van der Waals surface area contributed by atoms with E-state index in [-0.39, 0.29) is 31.1 Å². The summed E-state index contributed by atoms with van der Waals surface area (Å²) in [4.78, 5) is 38.2. The summed E-state index contributed by atoms with van der Waals surface area (Å²) in [7, 11) is 0. The summed E-state index contributed by atoms with van der Waals surface area (Å²) < 4.78 is 16.8. The minimum atomic E-state index is -0.797. The average molecular weight is 1040 g/mol. The van der Waals surface area contributed by atoms with Gasteiger partial charge in [-0.05, 0) is 128 Å². The number of hydrogen-bond donors (Lipinski definition) is 0. The van der Waals surface area contributed by atoms with Crippen LogP contribution in [0, 0.1) is 0 Å². The predicted octanol–water partition coefficient (Wildman–Crippen LogP) is 21.2. The first-order chi connectivity index (χ1) is 37.0. The fraction of sp³-hybridized carbons (Fsp3) is 0.667. The zero-order valence-electron chi connectivity index (χ0n) is 48.8. The lowest BCUT2D eigenvalue weighted by molar-refractivity contribution is -0.167. The molecule has 0 aliphatic heterocycles. The highest BCUT2D eigenvalue weighted by molar-refractivity contribution is 5.71. The standard InChI is InChI=1S/C69H114O6/c1-4-7-10-13-16-19-22-24-26-28-29-30-31-32-33-34-35-36-37-38-39-41-42-44-47-50-53-56-59-62-68(71)74-65-66(64-73-67(70)61-58-55-52-49-46-21-18-15-12-9-6-3)75-69(72)63-60-57-54-51-48-45-43-40-27-25-23-20-17-14-11-8-5-2/h7,10,15-16,18-19,24-27,29-30,32-33,35-36,38-39,42,44,66H,4-6,8-9,11-14,17,20-23,28,31,34,37,40-41,43,45-65H2,1-3H3/b10-7-,18-15-,19-16-,26-24-,27-25-,30-29-,33-32-,36-35-,39-38-,44-42-. The van der Waals surface area contributed by atoms with Gasteiger partial charge in [-0.3, -0.25) is 14.4 Å². The highest BCUT2D eigenvalue weighted by Gasteiger charge is 2.19. The zero-order chi connectivity index (χ0) is 54.3. The van der Waals surface area contributed by atoms with Gasteiger partial charge in [-0.1, -0.05) is 251 Å². The maximum absolute atomic E-state index is 12.9. The van der Waals surface area contributed by atoms with Crippen molar-refractivity contribution in [2.45, 2.75) is 284 Å². The van der Waals surface area contributed by atoms with Gasteiger partial charge in [0.15, 0.2) is 6.10 Å². The van der Waals surface area contributed by atoms with E-state index in [2.05, 4.69) is 142 Å². The van der Waals surface area contributed by atoms with Crippen molar-refractivity contribution in [3.63, 3.8) is 0 Å². The number of esters is 3. The van der Waals surface area contributed by atoms with Crippen LogP contribution in [-0.4, -0.2) is 37.2 Å². The molecular formula is C69H114O6. The molecule has 0 amide bonds. The van der Waals surface area contributed by atoms with Gasteiger partial charge in [-0.15, -0.1) is 0 Å². The molecule has 0 aliphatic rings. The van der Waals surface area contributed by atoms with E-state index in [1.54, 1.807) is 0 Å². The molecule has 0 bridgehead atoms. The lowest BCUT2D eigenvalue weighted by atomic mass is 10.1. The molecule has 0 aromatic heterocycles. The molecule has 0 aromatic rings. The van der Waals surface area contributed by atoms with Crippen LogP contribution in [0.5, 0.6) is 0 Å². The van der Waals surface area contributed by atoms with Gasteiger partial charge in [-0.2, -0.15) is 0 Å². The van der Waals surface area contributed by atoms with Gasteiger partial charge in [0, 0.05) is 19.3 Å². The molecule has 0 spiro atoms. The largest absolute Gasteiger partial charge is 0.462 e. The summed E-state index contributed by atoms with van der Waals surface area (Å²) in [5, 5.41) is 0. The first-order valence-electron chi connectivity index (χ1n) is 31.0. The van der Waals surface area contributed by atoms with Crippen molar-refractivity contribution in [1.82, 2.24) is 0 Å². The van der Waals surface area contributed by atoms with Gasteiger partial charge in [-0.25, -0.2) is 0 Å². The van der Waals surface area contributed by atoms with E-state index >= 15 is 0 Å². The molecule has 0 saturated carbocycles. The third kappa shape index (κ3) is 60.6. The first-order valence-corrected chi connectivity index (χ1v) is 31.0. The van der Waals surface area contributed by atoms with Crippen LogP contribution >= 0.6 is 0 Å². The van der Waals surface area contributed by atoms with E-state index in [0.29, 0.717) is 19.3 Å². The van der Waals surface area contributed by atoms with Crippen LogP contribution in [0.1, 0.15) is 278 Å². The minimum Gasteiger partial charge on any atom is -0.462 e. The van der Waals surface area contributed by atoms with E-state index in [1.165, 1.54) is 103 Å². The molecule has 0 aliphatic carbocycles. The lowest BCUT2D eigenvalue weighted by Crippen LogP contribution is -2.30. The van der Waals surface area contributed by atoms with Crippen molar-refractivity contribution >= 4 is 17.9 Å². The molecule has 6 nitrogen and oxygen atoms in total. The van der Waals surface area contributed by atoms with Gasteiger partial charge < -0.3 is 14.2 Å². The Kier molecular flexibility index (Phi) is 58.9. The number of hydrogen-bond acceptors (Lipinski definition) is 6. The second-order valence-electron chi connectivity index (χ2n) is 20.2. The molecule has 75 heavy (non-hydrogen) atoms. The molecule has 1 unspecified atom stereocenters. The third-order valence-electron chi connectivity index (χ3n) is 12.9. The van der Waals surface area contributed by atoms with Crippen LogP contribution in [0.3, 0.4) is 0 Å². The molecular weight excluding hydrogens is 925 g/mol. The average Bonchev–Trinajstić information content (AvgIpc) is 3.41. The van der Waals surface area contributed by atoms with Gasteiger partial charge in [0.05, 0.1) is 0 Å². The quantitative estimate of drug-likeness (QED) is 0.0261. The van der Waals surface area contributed by atoms with Crippen LogP contribution in [0.25, 0.3) is 0 Å². The van der Waals surface area contributed by atoms with Crippen LogP contribution < -0.4 is 0 Å². The van der Waals surface area contributed by atoms with Gasteiger partial charge in [0.1, 0.15) is 13.2 Å². The second-order valence-corrected chi connectivity index (χ2v) is 20.2. The van der Waals surface area contributed by atoms with E-state index in [9.17, 15) is 14.4 Å². The Hall–Kier alpha value is -4.19. The minimum absolute atomic E-state index is 0.0940. The molecule has 0 saturated heterocycles. The van der Waals surface area contributed by atoms with Crippen molar-refractivity contribution in [3.05, 3.63) is 122 Å². The van der Waals surface area contributed by atoms with Gasteiger partial charge in [0.25, 0.3) is 0 Å². The van der Waals surface area contributed by atoms with Gasteiger partial charge in [0.2, 0.25) is 0 Å². The first kappa shape index (κ1) is 70.8. The topological polar surface area (TPSA) is 78.9 Å². The number of unbranched alkanes of at least 4 members (excludes halogenated alkanes) is 24. The smallest absolute Gasteiger partial charge is 0.306 e. The third-order valence-corrected chi connectivity index (χ3v) is 12.9. The maximum atomic E-state index is 12.9. The number of ether oxygens (including phenoxy) is 3.